The first kappa shape index (κ1) is 33.0. The Morgan fingerprint density at radius 1 is 0.932 bits per heavy atom. The maximum Gasteiger partial charge on any atom is 0.243 e. The number of hydrogen-bond acceptors (Lipinski definition) is 5. The van der Waals surface area contributed by atoms with Gasteiger partial charge in [-0.25, -0.2) is 12.8 Å². The highest BCUT2D eigenvalue weighted by Gasteiger charge is 2.32. The number of benzene rings is 3. The summed E-state index contributed by atoms with van der Waals surface area (Å²) in [6, 6.07) is 21.4. The van der Waals surface area contributed by atoms with Gasteiger partial charge in [0.2, 0.25) is 21.8 Å². The van der Waals surface area contributed by atoms with Crippen molar-refractivity contribution in [2.75, 3.05) is 24.2 Å². The fraction of sp³-hybridized carbons (Fsp3) is 0.412. The standard InChI is InChI=1S/C34H42FN3O5S/c1-43-31-21-19-30(20-22-31)38(44(2,41)42)23-9-14-33(39)37(25-27-15-17-28(35)18-16-27)32(24-26-10-5-3-6-11-26)34(40)36-29-12-7-4-8-13-29/h3,5-6,10-11,15-22,29,32H,4,7-9,12-14,23-25H2,1-2H3,(H,36,40)/t32-/m0/s1. The molecule has 44 heavy (non-hydrogen) atoms. The number of nitrogens with one attached hydrogen (secondary N) is 1. The highest BCUT2D eigenvalue weighted by molar-refractivity contribution is 7.92. The molecule has 1 aliphatic carbocycles. The quantitative estimate of drug-likeness (QED) is 0.257. The summed E-state index contributed by atoms with van der Waals surface area (Å²) in [5.74, 6) is -0.281. The number of rotatable bonds is 14. The van der Waals surface area contributed by atoms with Crippen molar-refractivity contribution in [3.8, 4) is 5.75 Å². The molecule has 10 heteroatoms. The zero-order chi connectivity index (χ0) is 31.5. The van der Waals surface area contributed by atoms with Gasteiger partial charge in [-0.2, -0.15) is 0 Å². The summed E-state index contributed by atoms with van der Waals surface area (Å²) >= 11 is 0. The summed E-state index contributed by atoms with van der Waals surface area (Å²) in [5, 5.41) is 3.20. The van der Waals surface area contributed by atoms with Gasteiger partial charge in [-0.05, 0) is 66.8 Å². The summed E-state index contributed by atoms with van der Waals surface area (Å²) in [5.41, 5.74) is 2.08. The number of amides is 2. The van der Waals surface area contributed by atoms with Gasteiger partial charge in [-0.15, -0.1) is 0 Å². The number of carbonyl (C=O) groups excluding carboxylic acids is 2. The molecular formula is C34H42FN3O5S. The number of hydrogen-bond donors (Lipinski definition) is 1. The summed E-state index contributed by atoms with van der Waals surface area (Å²) in [6.07, 6.45) is 6.76. The smallest absolute Gasteiger partial charge is 0.243 e. The molecule has 1 fully saturated rings. The van der Waals surface area contributed by atoms with E-state index in [1.165, 1.54) is 23.5 Å². The van der Waals surface area contributed by atoms with E-state index < -0.39 is 16.1 Å². The second kappa shape index (κ2) is 15.7. The van der Waals surface area contributed by atoms with Crippen LogP contribution in [0.4, 0.5) is 10.1 Å². The predicted molar refractivity (Wildman–Crippen MR) is 170 cm³/mol. The highest BCUT2D eigenvalue weighted by atomic mass is 32.2. The molecule has 2 amide bonds. The second-order valence-corrected chi connectivity index (χ2v) is 13.2. The Bertz CT molecular complexity index is 1460. The monoisotopic (exact) mass is 623 g/mol. The lowest BCUT2D eigenvalue weighted by Crippen LogP contribution is -2.52. The highest BCUT2D eigenvalue weighted by Crippen LogP contribution is 2.24. The van der Waals surface area contributed by atoms with Gasteiger partial charge in [0, 0.05) is 32.0 Å². The van der Waals surface area contributed by atoms with E-state index in [0.29, 0.717) is 23.4 Å². The van der Waals surface area contributed by atoms with Gasteiger partial charge in [-0.1, -0.05) is 61.7 Å². The molecular weight excluding hydrogens is 581 g/mol. The van der Waals surface area contributed by atoms with Gasteiger partial charge in [0.15, 0.2) is 0 Å². The first-order chi connectivity index (χ1) is 21.1. The number of carbonyl (C=O) groups is 2. The Morgan fingerprint density at radius 3 is 2.20 bits per heavy atom. The Labute approximate surface area is 260 Å². The molecule has 236 valence electrons. The van der Waals surface area contributed by atoms with Crippen LogP contribution in [0.2, 0.25) is 0 Å². The molecule has 0 bridgehead atoms. The van der Waals surface area contributed by atoms with E-state index in [1.54, 1.807) is 41.3 Å². The van der Waals surface area contributed by atoms with Crippen LogP contribution in [-0.4, -0.2) is 57.1 Å². The minimum absolute atomic E-state index is 0.0192. The Balaban J connectivity index is 1.57. The van der Waals surface area contributed by atoms with Crippen LogP contribution >= 0.6 is 0 Å². The van der Waals surface area contributed by atoms with Crippen molar-refractivity contribution in [3.05, 3.63) is 95.8 Å². The molecule has 0 spiro atoms. The van der Waals surface area contributed by atoms with Gasteiger partial charge in [0.05, 0.1) is 19.1 Å². The Hall–Kier alpha value is -3.92. The third kappa shape index (κ3) is 9.54. The molecule has 0 aliphatic heterocycles. The van der Waals surface area contributed by atoms with Gasteiger partial charge in [-0.3, -0.25) is 13.9 Å². The van der Waals surface area contributed by atoms with Crippen molar-refractivity contribution >= 4 is 27.5 Å². The molecule has 0 saturated heterocycles. The zero-order valence-electron chi connectivity index (χ0n) is 25.5. The van der Waals surface area contributed by atoms with Crippen LogP contribution in [0.1, 0.15) is 56.1 Å². The molecule has 1 aliphatic rings. The fourth-order valence-electron chi connectivity index (χ4n) is 5.64. The first-order valence-electron chi connectivity index (χ1n) is 15.1. The lowest BCUT2D eigenvalue weighted by Gasteiger charge is -2.34. The summed E-state index contributed by atoms with van der Waals surface area (Å²) in [4.78, 5) is 29.4. The molecule has 0 unspecified atom stereocenters. The lowest BCUT2D eigenvalue weighted by atomic mass is 9.94. The third-order valence-electron chi connectivity index (χ3n) is 8.00. The first-order valence-corrected chi connectivity index (χ1v) is 17.0. The summed E-state index contributed by atoms with van der Waals surface area (Å²) in [7, 11) is -2.09. The Kier molecular flexibility index (Phi) is 11.8. The van der Waals surface area contributed by atoms with Crippen molar-refractivity contribution < 1.29 is 27.1 Å². The van der Waals surface area contributed by atoms with E-state index >= 15 is 0 Å². The molecule has 1 saturated carbocycles. The van der Waals surface area contributed by atoms with Gasteiger partial charge in [0.25, 0.3) is 0 Å². The average molecular weight is 624 g/mol. The third-order valence-corrected chi connectivity index (χ3v) is 9.20. The van der Waals surface area contributed by atoms with E-state index in [-0.39, 0.29) is 49.6 Å². The molecule has 8 nitrogen and oxygen atoms in total. The molecule has 3 aromatic rings. The van der Waals surface area contributed by atoms with Crippen molar-refractivity contribution in [1.82, 2.24) is 10.2 Å². The number of anilines is 1. The second-order valence-electron chi connectivity index (χ2n) is 11.3. The maximum absolute atomic E-state index is 14.0. The molecule has 0 aromatic heterocycles. The molecule has 1 N–H and O–H groups in total. The van der Waals surface area contributed by atoms with Crippen molar-refractivity contribution in [1.29, 1.82) is 0 Å². The largest absolute Gasteiger partial charge is 0.497 e. The lowest BCUT2D eigenvalue weighted by molar-refractivity contribution is -0.141. The fourth-order valence-corrected chi connectivity index (χ4v) is 6.60. The SMILES string of the molecule is COc1ccc(N(CCCC(=O)N(Cc2ccc(F)cc2)[C@@H](Cc2ccccc2)C(=O)NC2CCCCC2)S(C)(=O)=O)cc1. The van der Waals surface area contributed by atoms with Crippen LogP contribution in [0.25, 0.3) is 0 Å². The van der Waals surface area contributed by atoms with Crippen LogP contribution in [0, 0.1) is 5.82 Å². The molecule has 0 heterocycles. The summed E-state index contributed by atoms with van der Waals surface area (Å²) < 4.78 is 45.5. The Morgan fingerprint density at radius 2 is 1.59 bits per heavy atom. The van der Waals surface area contributed by atoms with E-state index in [0.717, 1.165) is 43.9 Å². The van der Waals surface area contributed by atoms with Gasteiger partial charge >= 0.3 is 0 Å². The van der Waals surface area contributed by atoms with Crippen LogP contribution in [0.5, 0.6) is 5.75 Å². The van der Waals surface area contributed by atoms with E-state index in [9.17, 15) is 22.4 Å². The van der Waals surface area contributed by atoms with Crippen LogP contribution in [0.3, 0.4) is 0 Å². The average Bonchev–Trinajstić information content (AvgIpc) is 3.02. The van der Waals surface area contributed by atoms with E-state index in [2.05, 4.69) is 5.32 Å². The topological polar surface area (TPSA) is 96.0 Å². The van der Waals surface area contributed by atoms with Crippen LogP contribution in [-0.2, 0) is 32.6 Å². The van der Waals surface area contributed by atoms with E-state index in [1.807, 2.05) is 30.3 Å². The normalized spacial score (nSPS) is 14.4. The summed E-state index contributed by atoms with van der Waals surface area (Å²) in [6.45, 7) is 0.196. The molecule has 1 atom stereocenters. The molecule has 4 rings (SSSR count). The van der Waals surface area contributed by atoms with Crippen LogP contribution < -0.4 is 14.4 Å². The molecule has 0 radical (unpaired) electrons. The van der Waals surface area contributed by atoms with Gasteiger partial charge in [0.1, 0.15) is 17.6 Å². The zero-order valence-corrected chi connectivity index (χ0v) is 26.3. The predicted octanol–water partition coefficient (Wildman–Crippen LogP) is 5.47. The van der Waals surface area contributed by atoms with Crippen molar-refractivity contribution in [2.24, 2.45) is 0 Å². The van der Waals surface area contributed by atoms with Crippen LogP contribution in [0.15, 0.2) is 78.9 Å². The van der Waals surface area contributed by atoms with E-state index in [4.69, 9.17) is 4.74 Å². The maximum atomic E-state index is 14.0. The number of methoxy groups -OCH3 is 1. The van der Waals surface area contributed by atoms with Gasteiger partial charge < -0.3 is 15.0 Å². The number of ether oxygens (including phenoxy) is 1. The number of sulfonamides is 1. The number of halogens is 1. The molecule has 3 aromatic carbocycles. The number of nitrogens with zero attached hydrogens (tertiary/aromatic N) is 2. The minimum Gasteiger partial charge on any atom is -0.497 e. The van der Waals surface area contributed by atoms with Crippen molar-refractivity contribution in [3.63, 3.8) is 0 Å². The minimum atomic E-state index is -3.63. The van der Waals surface area contributed by atoms with Crippen molar-refractivity contribution in [2.45, 2.75) is 70.0 Å².